The molecule has 0 aliphatic carbocycles. The largest absolute Gasteiger partial charge is 0.481 e. The number of hydrogen-bond acceptors (Lipinski definition) is 2. The van der Waals surface area contributed by atoms with Crippen LogP contribution in [0.25, 0.3) is 0 Å². The first-order valence-corrected chi connectivity index (χ1v) is 4.36. The van der Waals surface area contributed by atoms with E-state index in [2.05, 4.69) is 0 Å². The maximum absolute atomic E-state index is 10.8. The highest BCUT2D eigenvalue weighted by atomic mass is 16.4. The molecule has 0 atom stereocenters. The van der Waals surface area contributed by atoms with Gasteiger partial charge >= 0.3 is 5.97 Å². The van der Waals surface area contributed by atoms with Crippen molar-refractivity contribution in [3.8, 4) is 0 Å². The number of allylic oxidation sites excluding steroid dienone is 3. The lowest BCUT2D eigenvalue weighted by atomic mass is 9.85. The van der Waals surface area contributed by atoms with Gasteiger partial charge in [-0.05, 0) is 33.3 Å². The summed E-state index contributed by atoms with van der Waals surface area (Å²) in [4.78, 5) is 21.1. The van der Waals surface area contributed by atoms with Crippen LogP contribution < -0.4 is 0 Å². The van der Waals surface area contributed by atoms with E-state index in [0.717, 1.165) is 6.29 Å². The molecule has 3 heteroatoms. The van der Waals surface area contributed by atoms with Crippen LogP contribution in [0.15, 0.2) is 23.3 Å². The Hall–Kier alpha value is -1.38. The molecule has 0 unspecified atom stereocenters. The summed E-state index contributed by atoms with van der Waals surface area (Å²) in [5, 5.41) is 8.90. The van der Waals surface area contributed by atoms with Gasteiger partial charge in [-0.2, -0.15) is 0 Å². The molecule has 0 saturated heterocycles. The summed E-state index contributed by atoms with van der Waals surface area (Å²) >= 11 is 0. The fraction of sp³-hybridized carbons (Fsp3) is 0.455. The van der Waals surface area contributed by atoms with Gasteiger partial charge in [-0.3, -0.25) is 9.59 Å². The second-order valence-electron chi connectivity index (χ2n) is 3.81. The molecular weight excluding hydrogens is 180 g/mol. The van der Waals surface area contributed by atoms with E-state index in [4.69, 9.17) is 5.11 Å². The Bertz CT molecular complexity index is 296. The molecule has 78 valence electrons. The van der Waals surface area contributed by atoms with Crippen LogP contribution in [0.3, 0.4) is 0 Å². The van der Waals surface area contributed by atoms with Gasteiger partial charge in [-0.1, -0.05) is 17.7 Å². The van der Waals surface area contributed by atoms with Crippen LogP contribution >= 0.6 is 0 Å². The van der Waals surface area contributed by atoms with Crippen LogP contribution in [0.2, 0.25) is 0 Å². The predicted octanol–water partition coefficient (Wildman–Crippen LogP) is 2.19. The molecule has 0 amide bonds. The minimum Gasteiger partial charge on any atom is -0.481 e. The van der Waals surface area contributed by atoms with Crippen molar-refractivity contribution in [1.82, 2.24) is 0 Å². The van der Waals surface area contributed by atoms with Crippen molar-refractivity contribution in [2.75, 3.05) is 0 Å². The molecule has 0 spiro atoms. The van der Waals surface area contributed by atoms with Crippen molar-refractivity contribution in [2.45, 2.75) is 27.7 Å². The minimum atomic E-state index is -0.889. The highest BCUT2D eigenvalue weighted by molar-refractivity contribution is 5.78. The van der Waals surface area contributed by atoms with Gasteiger partial charge in [0.2, 0.25) is 0 Å². The highest BCUT2D eigenvalue weighted by Gasteiger charge is 2.28. The van der Waals surface area contributed by atoms with E-state index < -0.39 is 11.4 Å². The molecular formula is C11H16O3. The molecule has 0 aromatic heterocycles. The molecule has 1 N–H and O–H groups in total. The van der Waals surface area contributed by atoms with E-state index in [1.807, 2.05) is 0 Å². The number of hydrogen-bond donors (Lipinski definition) is 1. The zero-order valence-electron chi connectivity index (χ0n) is 9.00. The van der Waals surface area contributed by atoms with E-state index in [1.54, 1.807) is 39.8 Å². The fourth-order valence-corrected chi connectivity index (χ4v) is 0.673. The van der Waals surface area contributed by atoms with E-state index in [-0.39, 0.29) is 0 Å². The number of aldehydes is 1. The van der Waals surface area contributed by atoms with Crippen LogP contribution in [0.1, 0.15) is 27.7 Å². The van der Waals surface area contributed by atoms with E-state index in [0.29, 0.717) is 11.1 Å². The van der Waals surface area contributed by atoms with Gasteiger partial charge in [0.1, 0.15) is 6.29 Å². The van der Waals surface area contributed by atoms with Crippen LogP contribution in [0.4, 0.5) is 0 Å². The smallest absolute Gasteiger partial charge is 0.313 e. The fourth-order valence-electron chi connectivity index (χ4n) is 0.673. The lowest BCUT2D eigenvalue weighted by Crippen LogP contribution is -2.24. The number of aliphatic carboxylic acids is 1. The molecule has 0 fully saturated rings. The Balaban J connectivity index is 4.86. The Kier molecular flexibility index (Phi) is 4.28. The normalized spacial score (nSPS) is 14.0. The van der Waals surface area contributed by atoms with Crippen molar-refractivity contribution in [3.63, 3.8) is 0 Å². The van der Waals surface area contributed by atoms with Crippen molar-refractivity contribution in [3.05, 3.63) is 23.3 Å². The monoisotopic (exact) mass is 196 g/mol. The first-order chi connectivity index (χ1) is 6.32. The summed E-state index contributed by atoms with van der Waals surface area (Å²) in [5.41, 5.74) is 0.399. The van der Waals surface area contributed by atoms with E-state index in [9.17, 15) is 9.59 Å². The zero-order chi connectivity index (χ0) is 11.4. The van der Waals surface area contributed by atoms with Crippen molar-refractivity contribution >= 4 is 12.3 Å². The van der Waals surface area contributed by atoms with Crippen LogP contribution in [-0.2, 0) is 9.59 Å². The maximum Gasteiger partial charge on any atom is 0.313 e. The first kappa shape index (κ1) is 12.6. The molecule has 0 aromatic rings. The third-order valence-electron chi connectivity index (χ3n) is 2.30. The molecule has 0 aliphatic heterocycles. The topological polar surface area (TPSA) is 54.4 Å². The lowest BCUT2D eigenvalue weighted by Gasteiger charge is -2.19. The number of rotatable bonds is 4. The Morgan fingerprint density at radius 1 is 1.21 bits per heavy atom. The van der Waals surface area contributed by atoms with Crippen LogP contribution in [0, 0.1) is 5.41 Å². The molecule has 0 rings (SSSR count). The lowest BCUT2D eigenvalue weighted by molar-refractivity contribution is -0.144. The average Bonchev–Trinajstić information content (AvgIpc) is 2.12. The predicted molar refractivity (Wildman–Crippen MR) is 55.0 cm³/mol. The van der Waals surface area contributed by atoms with Crippen molar-refractivity contribution in [2.24, 2.45) is 5.41 Å². The van der Waals surface area contributed by atoms with Gasteiger partial charge in [-0.15, -0.1) is 0 Å². The van der Waals surface area contributed by atoms with Gasteiger partial charge in [0.15, 0.2) is 0 Å². The van der Waals surface area contributed by atoms with Crippen molar-refractivity contribution < 1.29 is 14.7 Å². The standard InChI is InChI=1S/C11H16O3/c1-8(7-12)5-6-9(2)11(3,4)10(13)14/h5-7H,1-4H3,(H,13,14). The molecule has 0 saturated carbocycles. The van der Waals surface area contributed by atoms with Gasteiger partial charge in [-0.25, -0.2) is 0 Å². The van der Waals surface area contributed by atoms with Crippen LogP contribution in [-0.4, -0.2) is 17.4 Å². The minimum absolute atomic E-state index is 0.575. The summed E-state index contributed by atoms with van der Waals surface area (Å²) in [6.07, 6.45) is 4.02. The zero-order valence-corrected chi connectivity index (χ0v) is 9.00. The van der Waals surface area contributed by atoms with Gasteiger partial charge in [0.05, 0.1) is 5.41 Å². The summed E-state index contributed by atoms with van der Waals surface area (Å²) in [5.74, 6) is -0.872. The molecule has 0 heterocycles. The summed E-state index contributed by atoms with van der Waals surface area (Å²) in [6, 6.07) is 0. The average molecular weight is 196 g/mol. The van der Waals surface area contributed by atoms with Crippen molar-refractivity contribution in [1.29, 1.82) is 0 Å². The van der Waals surface area contributed by atoms with E-state index >= 15 is 0 Å². The maximum atomic E-state index is 10.8. The molecule has 0 aliphatic rings. The summed E-state index contributed by atoms with van der Waals surface area (Å²) in [6.45, 7) is 6.67. The second-order valence-corrected chi connectivity index (χ2v) is 3.81. The quantitative estimate of drug-likeness (QED) is 0.426. The highest BCUT2D eigenvalue weighted by Crippen LogP contribution is 2.25. The van der Waals surface area contributed by atoms with Gasteiger partial charge in [0.25, 0.3) is 0 Å². The van der Waals surface area contributed by atoms with Gasteiger partial charge < -0.3 is 5.11 Å². The van der Waals surface area contributed by atoms with E-state index in [1.165, 1.54) is 0 Å². The molecule has 0 radical (unpaired) electrons. The third kappa shape index (κ3) is 3.17. The first-order valence-electron chi connectivity index (χ1n) is 4.36. The number of carboxylic acids is 1. The number of carboxylic acid groups (broad SMARTS) is 1. The van der Waals surface area contributed by atoms with Crippen LogP contribution in [0.5, 0.6) is 0 Å². The molecule has 0 bridgehead atoms. The Labute approximate surface area is 84.1 Å². The molecule has 0 aromatic carbocycles. The summed E-state index contributed by atoms with van der Waals surface area (Å²) < 4.78 is 0. The summed E-state index contributed by atoms with van der Waals surface area (Å²) in [7, 11) is 0. The Morgan fingerprint density at radius 3 is 2.07 bits per heavy atom. The SMILES string of the molecule is CC(C=O)=CC=C(C)C(C)(C)C(=O)O. The number of carbonyl (C=O) groups is 2. The number of carbonyl (C=O) groups excluding carboxylic acids is 1. The molecule has 14 heavy (non-hydrogen) atoms. The molecule has 3 nitrogen and oxygen atoms in total. The third-order valence-corrected chi connectivity index (χ3v) is 2.30. The Morgan fingerprint density at radius 2 is 1.71 bits per heavy atom. The second kappa shape index (κ2) is 4.74. The van der Waals surface area contributed by atoms with Gasteiger partial charge in [0, 0.05) is 0 Å².